The highest BCUT2D eigenvalue weighted by atomic mass is 15.1. The molecule has 0 saturated carbocycles. The minimum absolute atomic E-state index is 0.416. The normalized spacial score (nSPS) is 19.4. The monoisotopic (exact) mass is 213 g/mol. The number of nitrogens with zero attached hydrogens (tertiary/aromatic N) is 2. The Morgan fingerprint density at radius 3 is 3.19 bits per heavy atom. The first-order chi connectivity index (χ1) is 7.93. The molecule has 3 nitrogen and oxygen atoms in total. The zero-order chi connectivity index (χ0) is 10.8. The van der Waals surface area contributed by atoms with Crippen LogP contribution in [0.5, 0.6) is 0 Å². The van der Waals surface area contributed by atoms with Crippen LogP contribution in [0.25, 0.3) is 0 Å². The predicted molar refractivity (Wildman–Crippen MR) is 63.1 cm³/mol. The third kappa shape index (κ3) is 1.74. The maximum Gasteiger partial charge on any atom is 0.0946 e. The predicted octanol–water partition coefficient (Wildman–Crippen LogP) is 1.77. The lowest BCUT2D eigenvalue weighted by atomic mass is 9.94. The Bertz CT molecular complexity index is 462. The van der Waals surface area contributed by atoms with Crippen LogP contribution in [0, 0.1) is 0 Å². The smallest absolute Gasteiger partial charge is 0.0946 e. The zero-order valence-electron chi connectivity index (χ0n) is 9.13. The van der Waals surface area contributed by atoms with Crippen molar-refractivity contribution in [1.82, 2.24) is 14.9 Å². The van der Waals surface area contributed by atoms with Gasteiger partial charge in [-0.25, -0.2) is 4.98 Å². The molecule has 0 amide bonds. The molecule has 0 bridgehead atoms. The van der Waals surface area contributed by atoms with Gasteiger partial charge in [0.25, 0.3) is 0 Å². The molecule has 1 aliphatic rings. The average Bonchev–Trinajstić information content (AvgIpc) is 2.82. The second-order valence-electron chi connectivity index (χ2n) is 4.22. The standard InChI is InChI=1S/C13H15N3/c1-2-4-12-11(3-1)5-6-15-13(12)9-16-8-7-14-10-16/h1-4,7-8,10,13,15H,5-6,9H2. The third-order valence-corrected chi connectivity index (χ3v) is 3.17. The van der Waals surface area contributed by atoms with E-state index in [1.54, 1.807) is 0 Å². The third-order valence-electron chi connectivity index (χ3n) is 3.17. The van der Waals surface area contributed by atoms with Crippen LogP contribution in [0.4, 0.5) is 0 Å². The molecule has 0 spiro atoms. The van der Waals surface area contributed by atoms with Crippen molar-refractivity contribution < 1.29 is 0 Å². The Labute approximate surface area is 95.1 Å². The van der Waals surface area contributed by atoms with Crippen LogP contribution in [0.15, 0.2) is 43.0 Å². The fourth-order valence-electron chi connectivity index (χ4n) is 2.36. The van der Waals surface area contributed by atoms with Gasteiger partial charge in [-0.3, -0.25) is 0 Å². The maximum atomic E-state index is 4.08. The van der Waals surface area contributed by atoms with Crippen molar-refractivity contribution >= 4 is 0 Å². The summed E-state index contributed by atoms with van der Waals surface area (Å²) in [5.41, 5.74) is 2.91. The summed E-state index contributed by atoms with van der Waals surface area (Å²) in [6, 6.07) is 9.12. The summed E-state index contributed by atoms with van der Waals surface area (Å²) >= 11 is 0. The summed E-state index contributed by atoms with van der Waals surface area (Å²) in [5, 5.41) is 3.56. The van der Waals surface area contributed by atoms with E-state index in [-0.39, 0.29) is 0 Å². The highest BCUT2D eigenvalue weighted by Gasteiger charge is 2.18. The highest BCUT2D eigenvalue weighted by molar-refractivity contribution is 5.32. The first-order valence-electron chi connectivity index (χ1n) is 5.70. The van der Waals surface area contributed by atoms with Crippen LogP contribution < -0.4 is 5.32 Å². The number of hydrogen-bond donors (Lipinski definition) is 1. The summed E-state index contributed by atoms with van der Waals surface area (Å²) in [5.74, 6) is 0. The molecule has 0 aliphatic carbocycles. The molecule has 3 heteroatoms. The molecule has 0 saturated heterocycles. The summed E-state index contributed by atoms with van der Waals surface area (Å²) < 4.78 is 2.12. The van der Waals surface area contributed by atoms with Crippen LogP contribution in [0.3, 0.4) is 0 Å². The fourth-order valence-corrected chi connectivity index (χ4v) is 2.36. The Hall–Kier alpha value is -1.61. The molecule has 1 N–H and O–H groups in total. The van der Waals surface area contributed by atoms with Crippen molar-refractivity contribution in [2.24, 2.45) is 0 Å². The minimum atomic E-state index is 0.416. The van der Waals surface area contributed by atoms with Crippen molar-refractivity contribution in [2.75, 3.05) is 6.54 Å². The van der Waals surface area contributed by atoms with E-state index in [1.807, 2.05) is 18.7 Å². The van der Waals surface area contributed by atoms with Crippen LogP contribution in [-0.2, 0) is 13.0 Å². The molecule has 82 valence electrons. The Morgan fingerprint density at radius 2 is 2.31 bits per heavy atom. The fraction of sp³-hybridized carbons (Fsp3) is 0.308. The largest absolute Gasteiger partial charge is 0.336 e. The van der Waals surface area contributed by atoms with Crippen molar-refractivity contribution in [3.8, 4) is 0 Å². The second-order valence-corrected chi connectivity index (χ2v) is 4.22. The van der Waals surface area contributed by atoms with Crippen molar-refractivity contribution in [3.05, 3.63) is 54.1 Å². The van der Waals surface area contributed by atoms with E-state index in [2.05, 4.69) is 39.1 Å². The van der Waals surface area contributed by atoms with E-state index in [0.29, 0.717) is 6.04 Å². The highest BCUT2D eigenvalue weighted by Crippen LogP contribution is 2.23. The Balaban J connectivity index is 1.87. The molecule has 2 heterocycles. The van der Waals surface area contributed by atoms with Gasteiger partial charge in [0.1, 0.15) is 0 Å². The number of benzene rings is 1. The second kappa shape index (κ2) is 4.10. The molecule has 0 radical (unpaired) electrons. The first kappa shape index (κ1) is 9.60. The lowest BCUT2D eigenvalue weighted by molar-refractivity contribution is 0.443. The van der Waals surface area contributed by atoms with Gasteiger partial charge in [-0.1, -0.05) is 24.3 Å². The molecular formula is C13H15N3. The van der Waals surface area contributed by atoms with Gasteiger partial charge >= 0.3 is 0 Å². The molecule has 2 aromatic rings. The summed E-state index contributed by atoms with van der Waals surface area (Å²) in [6.45, 7) is 2.02. The number of imidazole rings is 1. The summed E-state index contributed by atoms with van der Waals surface area (Å²) in [6.07, 6.45) is 6.85. The van der Waals surface area contributed by atoms with Gasteiger partial charge in [-0.15, -0.1) is 0 Å². The molecule has 1 aromatic heterocycles. The average molecular weight is 213 g/mol. The quantitative estimate of drug-likeness (QED) is 0.824. The molecule has 1 aliphatic heterocycles. The van der Waals surface area contributed by atoms with E-state index >= 15 is 0 Å². The van der Waals surface area contributed by atoms with E-state index < -0.39 is 0 Å². The van der Waals surface area contributed by atoms with Crippen molar-refractivity contribution in [2.45, 2.75) is 19.0 Å². The number of nitrogens with one attached hydrogen (secondary N) is 1. The van der Waals surface area contributed by atoms with E-state index in [1.165, 1.54) is 11.1 Å². The van der Waals surface area contributed by atoms with Crippen molar-refractivity contribution in [3.63, 3.8) is 0 Å². The van der Waals surface area contributed by atoms with E-state index in [0.717, 1.165) is 19.5 Å². The van der Waals surface area contributed by atoms with Crippen LogP contribution >= 0.6 is 0 Å². The molecule has 1 unspecified atom stereocenters. The van der Waals surface area contributed by atoms with Gasteiger partial charge in [-0.2, -0.15) is 0 Å². The van der Waals surface area contributed by atoms with Gasteiger partial charge < -0.3 is 9.88 Å². The van der Waals surface area contributed by atoms with Gasteiger partial charge in [0, 0.05) is 18.9 Å². The Morgan fingerprint density at radius 1 is 1.38 bits per heavy atom. The van der Waals surface area contributed by atoms with Gasteiger partial charge in [0.05, 0.1) is 12.4 Å². The molecule has 16 heavy (non-hydrogen) atoms. The van der Waals surface area contributed by atoms with Gasteiger partial charge in [-0.05, 0) is 24.1 Å². The number of hydrogen-bond acceptors (Lipinski definition) is 2. The number of aromatic nitrogens is 2. The summed E-state index contributed by atoms with van der Waals surface area (Å²) in [7, 11) is 0. The zero-order valence-corrected chi connectivity index (χ0v) is 9.13. The van der Waals surface area contributed by atoms with Crippen LogP contribution in [0.1, 0.15) is 17.2 Å². The maximum absolute atomic E-state index is 4.08. The van der Waals surface area contributed by atoms with Gasteiger partial charge in [0.2, 0.25) is 0 Å². The number of rotatable bonds is 2. The molecule has 0 fully saturated rings. The lowest BCUT2D eigenvalue weighted by Crippen LogP contribution is -2.32. The lowest BCUT2D eigenvalue weighted by Gasteiger charge is -2.27. The first-order valence-corrected chi connectivity index (χ1v) is 5.70. The Kier molecular flexibility index (Phi) is 2.46. The molecule has 1 aromatic carbocycles. The molecule has 1 atom stereocenters. The van der Waals surface area contributed by atoms with Crippen molar-refractivity contribution in [1.29, 1.82) is 0 Å². The van der Waals surface area contributed by atoms with Gasteiger partial charge in [0.15, 0.2) is 0 Å². The molecule has 3 rings (SSSR count). The number of fused-ring (bicyclic) bond motifs is 1. The minimum Gasteiger partial charge on any atom is -0.336 e. The SMILES string of the molecule is c1ccc2c(c1)CCNC2Cn1ccnc1. The molecular weight excluding hydrogens is 198 g/mol. The van der Waals surface area contributed by atoms with E-state index in [4.69, 9.17) is 0 Å². The van der Waals surface area contributed by atoms with Crippen LogP contribution in [-0.4, -0.2) is 16.1 Å². The van der Waals surface area contributed by atoms with E-state index in [9.17, 15) is 0 Å². The topological polar surface area (TPSA) is 29.9 Å². The summed E-state index contributed by atoms with van der Waals surface area (Å²) in [4.78, 5) is 4.08. The van der Waals surface area contributed by atoms with Crippen LogP contribution in [0.2, 0.25) is 0 Å².